The van der Waals surface area contributed by atoms with Gasteiger partial charge in [-0.1, -0.05) is 11.6 Å². The summed E-state index contributed by atoms with van der Waals surface area (Å²) in [4.78, 5) is 8.42. The summed E-state index contributed by atoms with van der Waals surface area (Å²) < 4.78 is 0. The Balaban J connectivity index is 2.15. The molecule has 0 saturated heterocycles. The highest BCUT2D eigenvalue weighted by molar-refractivity contribution is 7.07. The zero-order valence-electron chi connectivity index (χ0n) is 9.12. The molecule has 0 unspecified atom stereocenters. The van der Waals surface area contributed by atoms with E-state index in [9.17, 15) is 0 Å². The molecule has 0 amide bonds. The lowest BCUT2D eigenvalue weighted by Crippen LogP contribution is -2.05. The molecular weight excluding hydrogens is 242 g/mol. The Labute approximate surface area is 104 Å². The van der Waals surface area contributed by atoms with Crippen LogP contribution in [0.2, 0.25) is 5.15 Å². The zero-order valence-corrected chi connectivity index (χ0v) is 10.7. The monoisotopic (exact) mass is 253 g/mol. The van der Waals surface area contributed by atoms with Crippen molar-refractivity contribution in [3.05, 3.63) is 38.9 Å². The quantitative estimate of drug-likeness (QED) is 0.852. The van der Waals surface area contributed by atoms with Crippen LogP contribution in [0, 0.1) is 13.8 Å². The van der Waals surface area contributed by atoms with Gasteiger partial charge < -0.3 is 5.32 Å². The molecule has 5 heteroatoms. The molecule has 0 atom stereocenters. The highest BCUT2D eigenvalue weighted by atomic mass is 35.5. The Morgan fingerprint density at radius 3 is 2.88 bits per heavy atom. The predicted octanol–water partition coefficient (Wildman–Crippen LogP) is 3.42. The molecule has 0 radical (unpaired) electrons. The highest BCUT2D eigenvalue weighted by Crippen LogP contribution is 2.20. The van der Waals surface area contributed by atoms with Gasteiger partial charge >= 0.3 is 0 Å². The molecule has 0 aliphatic carbocycles. The molecule has 16 heavy (non-hydrogen) atoms. The fraction of sp³-hybridized carbons (Fsp3) is 0.273. The van der Waals surface area contributed by atoms with E-state index in [2.05, 4.69) is 32.1 Å². The molecule has 1 N–H and O–H groups in total. The Morgan fingerprint density at radius 1 is 1.38 bits per heavy atom. The van der Waals surface area contributed by atoms with Crippen molar-refractivity contribution in [2.24, 2.45) is 0 Å². The van der Waals surface area contributed by atoms with Crippen molar-refractivity contribution in [3.63, 3.8) is 0 Å². The largest absolute Gasteiger partial charge is 0.366 e. The normalized spacial score (nSPS) is 10.4. The number of halogens is 1. The van der Waals surface area contributed by atoms with Crippen LogP contribution in [0.4, 0.5) is 5.82 Å². The molecule has 84 valence electrons. The third kappa shape index (κ3) is 2.51. The first-order chi connectivity index (χ1) is 7.66. The second-order valence-corrected chi connectivity index (χ2v) is 4.66. The van der Waals surface area contributed by atoms with Crippen molar-refractivity contribution in [1.29, 1.82) is 0 Å². The van der Waals surface area contributed by atoms with Crippen molar-refractivity contribution < 1.29 is 0 Å². The van der Waals surface area contributed by atoms with Gasteiger partial charge in [-0.3, -0.25) is 0 Å². The summed E-state index contributed by atoms with van der Waals surface area (Å²) in [5.74, 6) is 1.49. The van der Waals surface area contributed by atoms with E-state index in [1.54, 1.807) is 11.3 Å². The number of anilines is 1. The van der Waals surface area contributed by atoms with Crippen LogP contribution in [0.5, 0.6) is 0 Å². The van der Waals surface area contributed by atoms with Crippen LogP contribution in [-0.2, 0) is 6.54 Å². The topological polar surface area (TPSA) is 37.8 Å². The van der Waals surface area contributed by atoms with Crippen molar-refractivity contribution in [2.45, 2.75) is 20.4 Å². The number of hydrogen-bond acceptors (Lipinski definition) is 4. The van der Waals surface area contributed by atoms with Crippen LogP contribution < -0.4 is 5.32 Å². The molecule has 0 aliphatic heterocycles. The van der Waals surface area contributed by atoms with Gasteiger partial charge in [0.25, 0.3) is 0 Å². The van der Waals surface area contributed by atoms with Gasteiger partial charge in [-0.15, -0.1) is 0 Å². The second kappa shape index (κ2) is 4.80. The van der Waals surface area contributed by atoms with E-state index >= 15 is 0 Å². The molecule has 0 aliphatic rings. The smallest absolute Gasteiger partial charge is 0.137 e. The lowest BCUT2D eigenvalue weighted by atomic mass is 10.3. The van der Waals surface area contributed by atoms with Crippen molar-refractivity contribution in [2.75, 3.05) is 5.32 Å². The van der Waals surface area contributed by atoms with Gasteiger partial charge in [0.15, 0.2) is 0 Å². The highest BCUT2D eigenvalue weighted by Gasteiger charge is 2.06. The van der Waals surface area contributed by atoms with Crippen molar-refractivity contribution in [3.8, 4) is 0 Å². The van der Waals surface area contributed by atoms with Gasteiger partial charge in [0.05, 0.1) is 0 Å². The van der Waals surface area contributed by atoms with Crippen molar-refractivity contribution >= 4 is 28.8 Å². The molecule has 0 spiro atoms. The molecular formula is C11H12ClN3S. The summed E-state index contributed by atoms with van der Waals surface area (Å²) in [5.41, 5.74) is 2.14. The van der Waals surface area contributed by atoms with Gasteiger partial charge in [0.1, 0.15) is 16.8 Å². The van der Waals surface area contributed by atoms with Gasteiger partial charge in [0.2, 0.25) is 0 Å². The minimum atomic E-state index is 0.514. The average Bonchev–Trinajstić information content (AvgIpc) is 2.74. The third-order valence-electron chi connectivity index (χ3n) is 2.24. The van der Waals surface area contributed by atoms with Gasteiger partial charge in [-0.25, -0.2) is 9.97 Å². The minimum absolute atomic E-state index is 0.514. The molecule has 2 heterocycles. The molecule has 2 aromatic rings. The number of hydrogen-bond donors (Lipinski definition) is 1. The molecule has 0 fully saturated rings. The standard InChI is InChI=1S/C11H12ClN3S/c1-7-10(12)14-8(2)15-11(7)13-5-9-3-4-16-6-9/h3-4,6H,5H2,1-2H3,(H,13,14,15). The average molecular weight is 254 g/mol. The minimum Gasteiger partial charge on any atom is -0.366 e. The van der Waals surface area contributed by atoms with Crippen LogP contribution in [0.25, 0.3) is 0 Å². The zero-order chi connectivity index (χ0) is 11.5. The Hall–Kier alpha value is -1.13. The molecule has 0 aromatic carbocycles. The number of aromatic nitrogens is 2. The molecule has 0 saturated carbocycles. The number of aryl methyl sites for hydroxylation is 1. The van der Waals surface area contributed by atoms with Crippen LogP contribution in [-0.4, -0.2) is 9.97 Å². The summed E-state index contributed by atoms with van der Waals surface area (Å²) in [7, 11) is 0. The molecule has 2 rings (SSSR count). The lowest BCUT2D eigenvalue weighted by molar-refractivity contribution is 1.01. The Kier molecular flexibility index (Phi) is 3.41. The van der Waals surface area contributed by atoms with E-state index in [0.717, 1.165) is 17.9 Å². The molecule has 0 bridgehead atoms. The van der Waals surface area contributed by atoms with Gasteiger partial charge in [-0.2, -0.15) is 11.3 Å². The Bertz CT molecular complexity index is 482. The van der Waals surface area contributed by atoms with E-state index in [-0.39, 0.29) is 0 Å². The fourth-order valence-corrected chi connectivity index (χ4v) is 2.23. The number of thiophene rings is 1. The first-order valence-corrected chi connectivity index (χ1v) is 6.24. The van der Waals surface area contributed by atoms with Crippen LogP contribution >= 0.6 is 22.9 Å². The first-order valence-electron chi connectivity index (χ1n) is 4.92. The van der Waals surface area contributed by atoms with E-state index in [4.69, 9.17) is 11.6 Å². The fourth-order valence-electron chi connectivity index (χ4n) is 1.35. The molecule has 2 aromatic heterocycles. The van der Waals surface area contributed by atoms with Crippen LogP contribution in [0.3, 0.4) is 0 Å². The summed E-state index contributed by atoms with van der Waals surface area (Å²) in [6.45, 7) is 4.51. The van der Waals surface area contributed by atoms with E-state index in [1.807, 2.05) is 13.8 Å². The predicted molar refractivity (Wildman–Crippen MR) is 68.2 cm³/mol. The number of rotatable bonds is 3. The van der Waals surface area contributed by atoms with Crippen molar-refractivity contribution in [1.82, 2.24) is 9.97 Å². The second-order valence-electron chi connectivity index (χ2n) is 3.52. The maximum Gasteiger partial charge on any atom is 0.137 e. The summed E-state index contributed by atoms with van der Waals surface area (Å²) in [6.07, 6.45) is 0. The van der Waals surface area contributed by atoms with Gasteiger partial charge in [0, 0.05) is 12.1 Å². The van der Waals surface area contributed by atoms with E-state index in [0.29, 0.717) is 11.0 Å². The number of nitrogens with zero attached hydrogens (tertiary/aromatic N) is 2. The first kappa shape index (κ1) is 11.4. The molecule has 3 nitrogen and oxygen atoms in total. The summed E-state index contributed by atoms with van der Waals surface area (Å²) in [5, 5.41) is 7.95. The lowest BCUT2D eigenvalue weighted by Gasteiger charge is -2.09. The van der Waals surface area contributed by atoms with Crippen LogP contribution in [0.1, 0.15) is 17.0 Å². The van der Waals surface area contributed by atoms with E-state index < -0.39 is 0 Å². The maximum absolute atomic E-state index is 5.99. The summed E-state index contributed by atoms with van der Waals surface area (Å²) >= 11 is 7.68. The Morgan fingerprint density at radius 2 is 2.19 bits per heavy atom. The van der Waals surface area contributed by atoms with Gasteiger partial charge in [-0.05, 0) is 36.2 Å². The maximum atomic E-state index is 5.99. The summed E-state index contributed by atoms with van der Waals surface area (Å²) in [6, 6.07) is 2.09. The SMILES string of the molecule is Cc1nc(Cl)c(C)c(NCc2ccsc2)n1. The number of nitrogens with one attached hydrogen (secondary N) is 1. The van der Waals surface area contributed by atoms with E-state index in [1.165, 1.54) is 5.56 Å². The van der Waals surface area contributed by atoms with Crippen LogP contribution in [0.15, 0.2) is 16.8 Å². The third-order valence-corrected chi connectivity index (χ3v) is 3.34.